The van der Waals surface area contributed by atoms with Crippen LogP contribution in [0.25, 0.3) is 0 Å². The number of amides is 1. The van der Waals surface area contributed by atoms with Crippen molar-refractivity contribution < 1.29 is 18.0 Å². The van der Waals surface area contributed by atoms with E-state index in [1.54, 1.807) is 72.8 Å². The van der Waals surface area contributed by atoms with Crippen molar-refractivity contribution >= 4 is 49.0 Å². The number of sulfonamides is 1. The fourth-order valence-electron chi connectivity index (χ4n) is 4.12. The Hall–Kier alpha value is -3.75. The molecular formula is C32H31BrN2O4S. The number of hydrogen-bond donors (Lipinski definition) is 1. The molecule has 0 fully saturated rings. The van der Waals surface area contributed by atoms with Gasteiger partial charge < -0.3 is 5.32 Å². The van der Waals surface area contributed by atoms with Crippen LogP contribution in [0.2, 0.25) is 0 Å². The third-order valence-corrected chi connectivity index (χ3v) is 8.75. The summed E-state index contributed by atoms with van der Waals surface area (Å²) in [5.41, 5.74) is 3.73. The van der Waals surface area contributed by atoms with Crippen molar-refractivity contribution in [1.82, 2.24) is 0 Å². The molecule has 0 saturated heterocycles. The standard InChI is InChI=1S/C32H31BrN2O4S/c1-22-8-18-29(19-9-22)40(38,39)35(28-16-14-26(33)15-17-28)21-30(36)34-27-7-5-6-24(20-27)31(37)23-10-12-25(13-11-23)32(2,3)4/h5-20H,21H2,1-4H3,(H,34,36). The zero-order valence-corrected chi connectivity index (χ0v) is 25.2. The quantitative estimate of drug-likeness (QED) is 0.213. The molecule has 0 heterocycles. The highest BCUT2D eigenvalue weighted by molar-refractivity contribution is 9.10. The maximum atomic E-state index is 13.6. The van der Waals surface area contributed by atoms with Gasteiger partial charge in [-0.2, -0.15) is 0 Å². The number of aryl methyl sites for hydroxylation is 1. The van der Waals surface area contributed by atoms with Crippen LogP contribution in [0, 0.1) is 6.92 Å². The van der Waals surface area contributed by atoms with E-state index in [0.29, 0.717) is 22.5 Å². The highest BCUT2D eigenvalue weighted by atomic mass is 79.9. The van der Waals surface area contributed by atoms with Crippen LogP contribution in [-0.4, -0.2) is 26.7 Å². The number of ketones is 1. The molecule has 0 aliphatic heterocycles. The van der Waals surface area contributed by atoms with Gasteiger partial charge in [-0.1, -0.05) is 90.8 Å². The summed E-state index contributed by atoms with van der Waals surface area (Å²) in [6.45, 7) is 7.75. The number of nitrogens with zero attached hydrogens (tertiary/aromatic N) is 1. The molecule has 0 unspecified atom stereocenters. The van der Waals surface area contributed by atoms with Gasteiger partial charge in [-0.25, -0.2) is 8.42 Å². The molecule has 4 aromatic carbocycles. The van der Waals surface area contributed by atoms with Gasteiger partial charge >= 0.3 is 0 Å². The molecule has 40 heavy (non-hydrogen) atoms. The van der Waals surface area contributed by atoms with Crippen LogP contribution in [0.1, 0.15) is 47.8 Å². The molecule has 6 nitrogen and oxygen atoms in total. The molecule has 0 spiro atoms. The van der Waals surface area contributed by atoms with E-state index < -0.39 is 22.5 Å². The van der Waals surface area contributed by atoms with E-state index in [2.05, 4.69) is 42.0 Å². The van der Waals surface area contributed by atoms with Gasteiger partial charge in [0.05, 0.1) is 10.6 Å². The second-order valence-electron chi connectivity index (χ2n) is 10.6. The van der Waals surface area contributed by atoms with Crippen molar-refractivity contribution in [3.05, 3.63) is 124 Å². The fourth-order valence-corrected chi connectivity index (χ4v) is 5.80. The molecule has 0 aromatic heterocycles. The van der Waals surface area contributed by atoms with Crippen molar-refractivity contribution in [2.24, 2.45) is 0 Å². The molecule has 0 saturated carbocycles. The number of benzene rings is 4. The normalized spacial score (nSPS) is 11.6. The van der Waals surface area contributed by atoms with Crippen molar-refractivity contribution in [3.63, 3.8) is 0 Å². The van der Waals surface area contributed by atoms with Crippen molar-refractivity contribution in [2.45, 2.75) is 38.0 Å². The van der Waals surface area contributed by atoms with Crippen LogP contribution in [-0.2, 0) is 20.2 Å². The number of rotatable bonds is 8. The van der Waals surface area contributed by atoms with Gasteiger partial charge in [0.1, 0.15) is 6.54 Å². The van der Waals surface area contributed by atoms with Crippen LogP contribution >= 0.6 is 15.9 Å². The minimum absolute atomic E-state index is 0.0250. The summed E-state index contributed by atoms with van der Waals surface area (Å²) in [5, 5.41) is 2.76. The molecule has 1 N–H and O–H groups in total. The lowest BCUT2D eigenvalue weighted by Crippen LogP contribution is -2.38. The number of carbonyl (C=O) groups excluding carboxylic acids is 2. The Bertz CT molecular complexity index is 1620. The first-order chi connectivity index (χ1) is 18.8. The third-order valence-electron chi connectivity index (χ3n) is 6.43. The Morgan fingerprint density at radius 3 is 2.05 bits per heavy atom. The predicted octanol–water partition coefficient (Wildman–Crippen LogP) is 7.12. The number of hydrogen-bond acceptors (Lipinski definition) is 4. The summed E-state index contributed by atoms with van der Waals surface area (Å²) < 4.78 is 29.0. The maximum absolute atomic E-state index is 13.6. The van der Waals surface area contributed by atoms with E-state index in [1.165, 1.54) is 12.1 Å². The summed E-state index contributed by atoms with van der Waals surface area (Å²) in [6, 6.07) is 27.3. The Balaban J connectivity index is 1.56. The second-order valence-corrected chi connectivity index (χ2v) is 13.4. The molecule has 0 aliphatic carbocycles. The zero-order valence-electron chi connectivity index (χ0n) is 22.8. The number of halogens is 1. The van der Waals surface area contributed by atoms with Crippen LogP contribution in [0.4, 0.5) is 11.4 Å². The fraction of sp³-hybridized carbons (Fsp3) is 0.188. The lowest BCUT2D eigenvalue weighted by molar-refractivity contribution is -0.114. The Kier molecular flexibility index (Phi) is 8.61. The molecule has 206 valence electrons. The van der Waals surface area contributed by atoms with E-state index in [9.17, 15) is 18.0 Å². The first kappa shape index (κ1) is 29.2. The number of anilines is 2. The molecule has 0 radical (unpaired) electrons. The van der Waals surface area contributed by atoms with E-state index in [0.717, 1.165) is 19.9 Å². The topological polar surface area (TPSA) is 83.6 Å². The summed E-state index contributed by atoms with van der Waals surface area (Å²) in [4.78, 5) is 26.4. The van der Waals surface area contributed by atoms with Gasteiger partial charge in [0.15, 0.2) is 5.78 Å². The van der Waals surface area contributed by atoms with Crippen LogP contribution in [0.5, 0.6) is 0 Å². The highest BCUT2D eigenvalue weighted by Gasteiger charge is 2.27. The Morgan fingerprint density at radius 2 is 1.45 bits per heavy atom. The first-order valence-corrected chi connectivity index (χ1v) is 15.0. The van der Waals surface area contributed by atoms with E-state index >= 15 is 0 Å². The Morgan fingerprint density at radius 1 is 0.825 bits per heavy atom. The van der Waals surface area contributed by atoms with E-state index in [1.807, 2.05) is 19.1 Å². The molecule has 4 aromatic rings. The largest absolute Gasteiger partial charge is 0.324 e. The summed E-state index contributed by atoms with van der Waals surface area (Å²) in [6.07, 6.45) is 0. The van der Waals surface area contributed by atoms with Crippen LogP contribution in [0.15, 0.2) is 106 Å². The van der Waals surface area contributed by atoms with Crippen molar-refractivity contribution in [2.75, 3.05) is 16.2 Å². The molecule has 4 rings (SSSR count). The van der Waals surface area contributed by atoms with Crippen molar-refractivity contribution in [1.29, 1.82) is 0 Å². The van der Waals surface area contributed by atoms with Crippen LogP contribution < -0.4 is 9.62 Å². The lowest BCUT2D eigenvalue weighted by Gasteiger charge is -2.24. The van der Waals surface area contributed by atoms with E-state index in [-0.39, 0.29) is 16.1 Å². The highest BCUT2D eigenvalue weighted by Crippen LogP contribution is 2.26. The minimum Gasteiger partial charge on any atom is -0.324 e. The summed E-state index contributed by atoms with van der Waals surface area (Å²) >= 11 is 3.37. The maximum Gasteiger partial charge on any atom is 0.264 e. The SMILES string of the molecule is Cc1ccc(S(=O)(=O)N(CC(=O)Nc2cccc(C(=O)c3ccc(C(C)(C)C)cc3)c2)c2ccc(Br)cc2)cc1. The Labute approximate surface area is 244 Å². The summed E-state index contributed by atoms with van der Waals surface area (Å²) in [5.74, 6) is -0.715. The smallest absolute Gasteiger partial charge is 0.264 e. The van der Waals surface area contributed by atoms with Crippen LogP contribution in [0.3, 0.4) is 0 Å². The first-order valence-electron chi connectivity index (χ1n) is 12.7. The van der Waals surface area contributed by atoms with Gasteiger partial charge in [-0.05, 0) is 66.4 Å². The average molecular weight is 620 g/mol. The second kappa shape index (κ2) is 11.8. The molecule has 0 atom stereocenters. The molecule has 0 bridgehead atoms. The average Bonchev–Trinajstić information content (AvgIpc) is 2.92. The number of nitrogens with one attached hydrogen (secondary N) is 1. The van der Waals surface area contributed by atoms with Crippen molar-refractivity contribution in [3.8, 4) is 0 Å². The molecular weight excluding hydrogens is 588 g/mol. The van der Waals surface area contributed by atoms with E-state index in [4.69, 9.17) is 0 Å². The summed E-state index contributed by atoms with van der Waals surface area (Å²) in [7, 11) is -4.04. The van der Waals surface area contributed by atoms with Gasteiger partial charge in [0.25, 0.3) is 10.0 Å². The number of carbonyl (C=O) groups is 2. The van der Waals surface area contributed by atoms with Gasteiger partial charge in [-0.15, -0.1) is 0 Å². The van der Waals surface area contributed by atoms with Gasteiger partial charge in [0.2, 0.25) is 5.91 Å². The van der Waals surface area contributed by atoms with Gasteiger partial charge in [-0.3, -0.25) is 13.9 Å². The van der Waals surface area contributed by atoms with Gasteiger partial charge in [0, 0.05) is 21.3 Å². The molecule has 8 heteroatoms. The third kappa shape index (κ3) is 6.87. The monoisotopic (exact) mass is 618 g/mol. The zero-order chi connectivity index (χ0) is 29.1. The minimum atomic E-state index is -4.04. The molecule has 1 amide bonds. The predicted molar refractivity (Wildman–Crippen MR) is 163 cm³/mol. The lowest BCUT2D eigenvalue weighted by atomic mass is 9.86. The molecule has 0 aliphatic rings.